The fraction of sp³-hybridized carbons (Fsp3) is 0.300. The molecule has 0 radical (unpaired) electrons. The number of hydrogen-bond donors (Lipinski definition) is 0. The summed E-state index contributed by atoms with van der Waals surface area (Å²) in [6, 6.07) is 2.07. The van der Waals surface area contributed by atoms with Gasteiger partial charge in [0, 0.05) is 0 Å². The highest BCUT2D eigenvalue weighted by Gasteiger charge is 2.10. The predicted octanol–water partition coefficient (Wildman–Crippen LogP) is 0.854. The first-order valence-electron chi connectivity index (χ1n) is 4.76. The maximum Gasteiger partial charge on any atom is 0.269 e. The summed E-state index contributed by atoms with van der Waals surface area (Å²) < 4.78 is 0. The third kappa shape index (κ3) is 1.63. The van der Waals surface area contributed by atoms with Crippen molar-refractivity contribution >= 4 is 0 Å². The molecule has 0 saturated carbocycles. The van der Waals surface area contributed by atoms with E-state index in [1.807, 2.05) is 6.92 Å². The van der Waals surface area contributed by atoms with E-state index in [0.29, 0.717) is 22.9 Å². The molecule has 0 N–H and O–H groups in total. The number of nitrogens with zero attached hydrogens (tertiary/aromatic N) is 6. The first-order valence-corrected chi connectivity index (χ1v) is 4.76. The molecule has 0 fully saturated rings. The number of aromatic nitrogens is 5. The minimum atomic E-state index is 0.391. The van der Waals surface area contributed by atoms with Crippen LogP contribution in [0.15, 0.2) is 6.20 Å². The van der Waals surface area contributed by atoms with Gasteiger partial charge in [0.1, 0.15) is 6.07 Å². The Bertz CT molecular complexity index is 554. The van der Waals surface area contributed by atoms with Crippen molar-refractivity contribution in [3.63, 3.8) is 0 Å². The average molecular weight is 214 g/mol. The zero-order valence-corrected chi connectivity index (χ0v) is 9.26. The maximum absolute atomic E-state index is 8.90. The van der Waals surface area contributed by atoms with Gasteiger partial charge >= 0.3 is 0 Å². The molecule has 0 unspecified atom stereocenters. The van der Waals surface area contributed by atoms with Gasteiger partial charge in [0.05, 0.1) is 28.8 Å². The molecule has 0 spiro atoms. The average Bonchev–Trinajstić information content (AvgIpc) is 2.64. The Hall–Kier alpha value is -2.29. The third-order valence-corrected chi connectivity index (χ3v) is 2.16. The van der Waals surface area contributed by atoms with Crippen molar-refractivity contribution in [1.29, 1.82) is 5.26 Å². The molecule has 2 rings (SSSR count). The SMILES string of the molecule is Cc1cnn(-c2nc(C)c(C#N)c(C)n2)n1. The molecule has 0 amide bonds. The van der Waals surface area contributed by atoms with E-state index in [2.05, 4.69) is 26.2 Å². The first kappa shape index (κ1) is 10.2. The van der Waals surface area contributed by atoms with Gasteiger partial charge in [-0.05, 0) is 20.8 Å². The lowest BCUT2D eigenvalue weighted by molar-refractivity contribution is 0.690. The van der Waals surface area contributed by atoms with Crippen LogP contribution in [0.3, 0.4) is 0 Å². The van der Waals surface area contributed by atoms with Crippen molar-refractivity contribution in [2.75, 3.05) is 0 Å². The van der Waals surface area contributed by atoms with Crippen LogP contribution in [0, 0.1) is 32.1 Å². The Balaban J connectivity index is 2.57. The second-order valence-corrected chi connectivity index (χ2v) is 3.46. The lowest BCUT2D eigenvalue weighted by Gasteiger charge is -2.03. The van der Waals surface area contributed by atoms with E-state index in [0.717, 1.165) is 5.69 Å². The van der Waals surface area contributed by atoms with Gasteiger partial charge in [-0.15, -0.1) is 4.80 Å². The molecule has 2 heterocycles. The smallest absolute Gasteiger partial charge is 0.214 e. The quantitative estimate of drug-likeness (QED) is 0.703. The molecule has 6 heteroatoms. The van der Waals surface area contributed by atoms with Crippen LogP contribution in [-0.4, -0.2) is 25.0 Å². The van der Waals surface area contributed by atoms with Crippen LogP contribution in [0.25, 0.3) is 5.95 Å². The van der Waals surface area contributed by atoms with Crippen molar-refractivity contribution < 1.29 is 0 Å². The first-order chi connectivity index (χ1) is 7.61. The molecule has 0 aliphatic heterocycles. The van der Waals surface area contributed by atoms with Gasteiger partial charge in [0.15, 0.2) is 0 Å². The van der Waals surface area contributed by atoms with Gasteiger partial charge < -0.3 is 0 Å². The van der Waals surface area contributed by atoms with E-state index in [-0.39, 0.29) is 0 Å². The summed E-state index contributed by atoms with van der Waals surface area (Å²) in [6.07, 6.45) is 1.63. The van der Waals surface area contributed by atoms with Crippen LogP contribution in [0.1, 0.15) is 22.6 Å². The van der Waals surface area contributed by atoms with Crippen LogP contribution < -0.4 is 0 Å². The van der Waals surface area contributed by atoms with E-state index in [9.17, 15) is 0 Å². The van der Waals surface area contributed by atoms with Crippen LogP contribution in [-0.2, 0) is 0 Å². The Morgan fingerprint density at radius 1 is 1.19 bits per heavy atom. The largest absolute Gasteiger partial charge is 0.269 e. The zero-order valence-electron chi connectivity index (χ0n) is 9.26. The Morgan fingerprint density at radius 3 is 2.25 bits per heavy atom. The molecule has 0 aromatic carbocycles. The molecule has 0 bridgehead atoms. The topological polar surface area (TPSA) is 80.3 Å². The lowest BCUT2D eigenvalue weighted by Crippen LogP contribution is -2.09. The molecule has 6 nitrogen and oxygen atoms in total. The van der Waals surface area contributed by atoms with Crippen molar-refractivity contribution in [3.8, 4) is 12.0 Å². The standard InChI is InChI=1S/C10H10N6/c1-6-5-12-16(15-6)10-13-7(2)9(4-11)8(3)14-10/h5H,1-3H3. The number of hydrogen-bond acceptors (Lipinski definition) is 5. The number of nitriles is 1. The van der Waals surface area contributed by atoms with E-state index < -0.39 is 0 Å². The Labute approximate surface area is 92.6 Å². The highest BCUT2D eigenvalue weighted by molar-refractivity contribution is 5.37. The van der Waals surface area contributed by atoms with Gasteiger partial charge in [0.25, 0.3) is 5.95 Å². The number of aryl methyl sites for hydroxylation is 3. The molecule has 0 aliphatic rings. The molecule has 80 valence electrons. The van der Waals surface area contributed by atoms with E-state index in [1.54, 1.807) is 20.0 Å². The summed E-state index contributed by atoms with van der Waals surface area (Å²) in [5.74, 6) is 0.391. The van der Waals surface area contributed by atoms with Gasteiger partial charge in [-0.1, -0.05) is 0 Å². The summed E-state index contributed by atoms with van der Waals surface area (Å²) in [4.78, 5) is 9.74. The van der Waals surface area contributed by atoms with Crippen LogP contribution in [0.4, 0.5) is 0 Å². The highest BCUT2D eigenvalue weighted by Crippen LogP contribution is 2.10. The van der Waals surface area contributed by atoms with Gasteiger partial charge in [-0.25, -0.2) is 9.97 Å². The maximum atomic E-state index is 8.90. The fourth-order valence-corrected chi connectivity index (χ4v) is 1.39. The molecular formula is C10H10N6. The number of rotatable bonds is 1. The summed E-state index contributed by atoms with van der Waals surface area (Å²) in [5, 5.41) is 17.0. The zero-order chi connectivity index (χ0) is 11.7. The lowest BCUT2D eigenvalue weighted by atomic mass is 10.2. The van der Waals surface area contributed by atoms with Crippen LogP contribution in [0.5, 0.6) is 0 Å². The predicted molar refractivity (Wildman–Crippen MR) is 55.9 cm³/mol. The Kier molecular flexibility index (Phi) is 2.37. The molecule has 2 aromatic heterocycles. The molecule has 2 aromatic rings. The summed E-state index contributed by atoms with van der Waals surface area (Å²) in [7, 11) is 0. The molecular weight excluding hydrogens is 204 g/mol. The summed E-state index contributed by atoms with van der Waals surface area (Å²) in [6.45, 7) is 5.38. The molecule has 16 heavy (non-hydrogen) atoms. The highest BCUT2D eigenvalue weighted by atomic mass is 15.5. The molecule has 0 atom stereocenters. The molecule has 0 saturated heterocycles. The van der Waals surface area contributed by atoms with Crippen molar-refractivity contribution in [2.24, 2.45) is 0 Å². The van der Waals surface area contributed by atoms with Gasteiger partial charge in [-0.3, -0.25) is 0 Å². The van der Waals surface area contributed by atoms with Crippen molar-refractivity contribution in [3.05, 3.63) is 28.8 Å². The molecule has 0 aliphatic carbocycles. The van der Waals surface area contributed by atoms with E-state index >= 15 is 0 Å². The summed E-state index contributed by atoms with van der Waals surface area (Å²) in [5.41, 5.74) is 2.58. The fourth-order valence-electron chi connectivity index (χ4n) is 1.39. The Morgan fingerprint density at radius 2 is 1.81 bits per heavy atom. The van der Waals surface area contributed by atoms with Crippen molar-refractivity contribution in [2.45, 2.75) is 20.8 Å². The second-order valence-electron chi connectivity index (χ2n) is 3.46. The van der Waals surface area contributed by atoms with Crippen LogP contribution >= 0.6 is 0 Å². The van der Waals surface area contributed by atoms with E-state index in [4.69, 9.17) is 5.26 Å². The van der Waals surface area contributed by atoms with Crippen LogP contribution in [0.2, 0.25) is 0 Å². The monoisotopic (exact) mass is 214 g/mol. The second kappa shape index (κ2) is 3.70. The minimum absolute atomic E-state index is 0.391. The normalized spacial score (nSPS) is 10.1. The van der Waals surface area contributed by atoms with Gasteiger partial charge in [-0.2, -0.15) is 15.5 Å². The third-order valence-electron chi connectivity index (χ3n) is 2.16. The minimum Gasteiger partial charge on any atom is -0.214 e. The summed E-state index contributed by atoms with van der Waals surface area (Å²) >= 11 is 0. The van der Waals surface area contributed by atoms with Gasteiger partial charge in [0.2, 0.25) is 0 Å². The van der Waals surface area contributed by atoms with E-state index in [1.165, 1.54) is 4.80 Å². The van der Waals surface area contributed by atoms with Crippen molar-refractivity contribution in [1.82, 2.24) is 25.0 Å².